The van der Waals surface area contributed by atoms with E-state index in [0.717, 1.165) is 6.07 Å². The Balaban J connectivity index is 2.90. The zero-order chi connectivity index (χ0) is 12.4. The van der Waals surface area contributed by atoms with Crippen molar-refractivity contribution < 1.29 is 17.2 Å². The van der Waals surface area contributed by atoms with Crippen molar-refractivity contribution in [1.29, 1.82) is 0 Å². The number of rotatable bonds is 4. The van der Waals surface area contributed by atoms with Gasteiger partial charge < -0.3 is 0 Å². The fourth-order valence-electron chi connectivity index (χ4n) is 1.16. The van der Waals surface area contributed by atoms with Crippen LogP contribution in [0.3, 0.4) is 0 Å². The van der Waals surface area contributed by atoms with Crippen LogP contribution >= 0.6 is 11.6 Å². The molecule has 0 unspecified atom stereocenters. The highest BCUT2D eigenvalue weighted by Crippen LogP contribution is 2.36. The molecule has 0 radical (unpaired) electrons. The molecule has 1 aromatic carbocycles. The van der Waals surface area contributed by atoms with Gasteiger partial charge in [0.25, 0.3) is 5.92 Å². The first kappa shape index (κ1) is 13.3. The van der Waals surface area contributed by atoms with E-state index in [1.54, 1.807) is 0 Å². The number of alkyl halides is 2. The summed E-state index contributed by atoms with van der Waals surface area (Å²) in [4.78, 5) is 0. The molecule has 0 amide bonds. The molecule has 1 rings (SSSR count). The Bertz CT molecular complexity index is 476. The summed E-state index contributed by atoms with van der Waals surface area (Å²) in [6.07, 6.45) is -0.879. The van der Waals surface area contributed by atoms with E-state index < -0.39 is 28.1 Å². The number of benzene rings is 1. The molecule has 0 aliphatic rings. The summed E-state index contributed by atoms with van der Waals surface area (Å²) in [7, 11) is -3.90. The van der Waals surface area contributed by atoms with E-state index in [1.807, 2.05) is 0 Å². The highest BCUT2D eigenvalue weighted by Gasteiger charge is 2.34. The molecule has 90 valence electrons. The van der Waals surface area contributed by atoms with Gasteiger partial charge in [-0.1, -0.05) is 29.8 Å². The minimum atomic E-state index is -3.90. The Hall–Kier alpha value is -0.720. The smallest absolute Gasteiger partial charge is 0.229 e. The molecular formula is C9H10ClF2NO2S. The molecule has 16 heavy (non-hydrogen) atoms. The third-order valence-electron chi connectivity index (χ3n) is 1.97. The molecule has 0 atom stereocenters. The lowest BCUT2D eigenvalue weighted by Gasteiger charge is -2.17. The van der Waals surface area contributed by atoms with E-state index in [0.29, 0.717) is 0 Å². The summed E-state index contributed by atoms with van der Waals surface area (Å²) in [6.45, 7) is 0. The van der Waals surface area contributed by atoms with E-state index in [9.17, 15) is 17.2 Å². The van der Waals surface area contributed by atoms with Gasteiger partial charge in [-0.3, -0.25) is 0 Å². The second-order valence-electron chi connectivity index (χ2n) is 3.30. The minimum absolute atomic E-state index is 0.0954. The molecule has 1 aromatic rings. The van der Waals surface area contributed by atoms with Crippen LogP contribution in [-0.4, -0.2) is 14.2 Å². The van der Waals surface area contributed by atoms with Gasteiger partial charge >= 0.3 is 0 Å². The predicted molar refractivity (Wildman–Crippen MR) is 57.9 cm³/mol. The van der Waals surface area contributed by atoms with Gasteiger partial charge in [-0.15, -0.1) is 0 Å². The molecule has 0 bridgehead atoms. The maximum atomic E-state index is 13.5. The van der Waals surface area contributed by atoms with Crippen molar-refractivity contribution in [3.05, 3.63) is 34.9 Å². The van der Waals surface area contributed by atoms with Crippen LogP contribution in [0.1, 0.15) is 12.0 Å². The summed E-state index contributed by atoms with van der Waals surface area (Å²) < 4.78 is 48.3. The van der Waals surface area contributed by atoms with Crippen LogP contribution in [0.4, 0.5) is 8.78 Å². The molecule has 0 aromatic heterocycles. The number of primary sulfonamides is 1. The largest absolute Gasteiger partial charge is 0.275 e. The van der Waals surface area contributed by atoms with Gasteiger partial charge in [0.05, 0.1) is 5.75 Å². The lowest BCUT2D eigenvalue weighted by molar-refractivity contribution is -0.00735. The van der Waals surface area contributed by atoms with Crippen molar-refractivity contribution in [3.63, 3.8) is 0 Å². The van der Waals surface area contributed by atoms with Crippen LogP contribution in [0.2, 0.25) is 5.02 Å². The molecule has 0 saturated heterocycles. The number of nitrogens with two attached hydrogens (primary N) is 1. The Morgan fingerprint density at radius 2 is 1.88 bits per heavy atom. The molecule has 0 aliphatic heterocycles. The quantitative estimate of drug-likeness (QED) is 0.910. The van der Waals surface area contributed by atoms with Crippen LogP contribution in [0, 0.1) is 0 Å². The summed E-state index contributed by atoms with van der Waals surface area (Å²) in [6, 6.07) is 5.40. The molecule has 2 N–H and O–H groups in total. The fraction of sp³-hybridized carbons (Fsp3) is 0.333. The SMILES string of the molecule is NS(=O)(=O)CCC(F)(F)c1ccccc1Cl. The molecule has 0 spiro atoms. The van der Waals surface area contributed by atoms with E-state index in [1.165, 1.54) is 18.2 Å². The predicted octanol–water partition coefficient (Wildman–Crippen LogP) is 2.11. The molecule has 0 aliphatic carbocycles. The molecule has 0 saturated carbocycles. The van der Waals surface area contributed by atoms with Gasteiger partial charge in [-0.05, 0) is 6.07 Å². The summed E-state index contributed by atoms with van der Waals surface area (Å²) >= 11 is 5.60. The van der Waals surface area contributed by atoms with Gasteiger partial charge in [0, 0.05) is 17.0 Å². The molecule has 0 fully saturated rings. The first-order valence-corrected chi connectivity index (χ1v) is 6.45. The van der Waals surface area contributed by atoms with Crippen LogP contribution < -0.4 is 5.14 Å². The summed E-state index contributed by atoms with van der Waals surface area (Å²) in [5.74, 6) is -4.09. The number of hydrogen-bond donors (Lipinski definition) is 1. The van der Waals surface area contributed by atoms with Gasteiger partial charge in [0.2, 0.25) is 10.0 Å². The zero-order valence-corrected chi connectivity index (χ0v) is 9.73. The summed E-state index contributed by atoms with van der Waals surface area (Å²) in [5, 5.41) is 4.57. The van der Waals surface area contributed by atoms with Crippen molar-refractivity contribution in [2.75, 3.05) is 5.75 Å². The highest BCUT2D eigenvalue weighted by molar-refractivity contribution is 7.89. The maximum Gasteiger partial charge on any atom is 0.275 e. The lowest BCUT2D eigenvalue weighted by atomic mass is 10.1. The van der Waals surface area contributed by atoms with Crippen molar-refractivity contribution in [2.24, 2.45) is 5.14 Å². The summed E-state index contributed by atoms with van der Waals surface area (Å²) in [5.41, 5.74) is -0.389. The standard InChI is InChI=1S/C9H10ClF2NO2S/c10-8-4-2-1-3-7(8)9(11,12)5-6-16(13,14)15/h1-4H,5-6H2,(H2,13,14,15). The van der Waals surface area contributed by atoms with E-state index in [-0.39, 0.29) is 10.6 Å². The lowest BCUT2D eigenvalue weighted by Crippen LogP contribution is -2.23. The van der Waals surface area contributed by atoms with Crippen LogP contribution in [0.25, 0.3) is 0 Å². The maximum absolute atomic E-state index is 13.5. The topological polar surface area (TPSA) is 60.2 Å². The number of halogens is 3. The molecule has 3 nitrogen and oxygen atoms in total. The normalized spacial score (nSPS) is 12.8. The number of sulfonamides is 1. The minimum Gasteiger partial charge on any atom is -0.229 e. The van der Waals surface area contributed by atoms with Crippen molar-refractivity contribution in [1.82, 2.24) is 0 Å². The molecule has 7 heteroatoms. The molecule has 0 heterocycles. The Morgan fingerprint density at radius 3 is 2.38 bits per heavy atom. The van der Waals surface area contributed by atoms with E-state index >= 15 is 0 Å². The van der Waals surface area contributed by atoms with Crippen molar-refractivity contribution >= 4 is 21.6 Å². The van der Waals surface area contributed by atoms with Crippen molar-refractivity contribution in [2.45, 2.75) is 12.3 Å². The Kier molecular flexibility index (Phi) is 3.88. The van der Waals surface area contributed by atoms with E-state index in [2.05, 4.69) is 5.14 Å². The fourth-order valence-corrected chi connectivity index (χ4v) is 1.98. The average Bonchev–Trinajstić information content (AvgIpc) is 2.14. The van der Waals surface area contributed by atoms with Crippen molar-refractivity contribution in [3.8, 4) is 0 Å². The number of hydrogen-bond acceptors (Lipinski definition) is 2. The highest BCUT2D eigenvalue weighted by atomic mass is 35.5. The average molecular weight is 270 g/mol. The Morgan fingerprint density at radius 1 is 1.31 bits per heavy atom. The third-order valence-corrected chi connectivity index (χ3v) is 3.07. The second-order valence-corrected chi connectivity index (χ2v) is 5.44. The first-order chi connectivity index (χ1) is 7.22. The second kappa shape index (κ2) is 4.65. The van der Waals surface area contributed by atoms with Gasteiger partial charge in [-0.25, -0.2) is 22.3 Å². The Labute approximate surface area is 97.3 Å². The van der Waals surface area contributed by atoms with Crippen LogP contribution in [0.5, 0.6) is 0 Å². The van der Waals surface area contributed by atoms with Crippen LogP contribution in [-0.2, 0) is 15.9 Å². The first-order valence-electron chi connectivity index (χ1n) is 4.36. The monoisotopic (exact) mass is 269 g/mol. The van der Waals surface area contributed by atoms with Gasteiger partial charge in [0.15, 0.2) is 0 Å². The zero-order valence-electron chi connectivity index (χ0n) is 8.16. The van der Waals surface area contributed by atoms with Crippen LogP contribution in [0.15, 0.2) is 24.3 Å². The van der Waals surface area contributed by atoms with Gasteiger partial charge in [0.1, 0.15) is 0 Å². The van der Waals surface area contributed by atoms with Gasteiger partial charge in [-0.2, -0.15) is 0 Å². The third kappa shape index (κ3) is 3.70. The van der Waals surface area contributed by atoms with E-state index in [4.69, 9.17) is 11.6 Å². The molecular weight excluding hydrogens is 260 g/mol.